The standard InChI is InChI=1S/C38H39FN4O7/c1-5-32-22(2)13-30(37(46)42(32)3)38(47)43-12-11-34-31(20-43)41-36(45)25-9-10-33(48-4)29(17-25)24-7-6-8-27(16-24)49-21-35(44)40-19-23-14-26(39)18-28(15-23)50-34/h6-10,13-18,31,34H,5,11-12,19-21H2,1-4H3,(H,40,44)(H,41,45)/t31-,34-/m1/s1. The van der Waals surface area contributed by atoms with Gasteiger partial charge in [-0.15, -0.1) is 0 Å². The summed E-state index contributed by atoms with van der Waals surface area (Å²) in [7, 11) is 3.19. The fourth-order valence-corrected chi connectivity index (χ4v) is 6.61. The number of rotatable bonds is 3. The SMILES string of the molecule is CCc1c(C)cc(C(=O)N2CC[C@H]3Oc4cc(F)cc(c4)CNC(=O)COc4cccc(c4)-c4cc(ccc4OC)C(=O)N[C@@H]3C2)c(=O)n1C. The van der Waals surface area contributed by atoms with Gasteiger partial charge in [0.25, 0.3) is 23.3 Å². The van der Waals surface area contributed by atoms with E-state index in [0.29, 0.717) is 40.2 Å². The number of amides is 3. The van der Waals surface area contributed by atoms with Gasteiger partial charge in [0, 0.05) is 56.0 Å². The van der Waals surface area contributed by atoms with Gasteiger partial charge in [-0.2, -0.15) is 0 Å². The molecule has 50 heavy (non-hydrogen) atoms. The Kier molecular flexibility index (Phi) is 9.89. The van der Waals surface area contributed by atoms with E-state index in [0.717, 1.165) is 11.3 Å². The first kappa shape index (κ1) is 34.2. The average molecular weight is 683 g/mol. The molecule has 2 aliphatic heterocycles. The summed E-state index contributed by atoms with van der Waals surface area (Å²) in [6.45, 7) is 3.84. The molecule has 6 bridgehead atoms. The molecule has 11 nitrogen and oxygen atoms in total. The zero-order valence-corrected chi connectivity index (χ0v) is 28.4. The highest BCUT2D eigenvalue weighted by molar-refractivity contribution is 5.97. The molecule has 2 aliphatic rings. The minimum atomic E-state index is -0.740. The van der Waals surface area contributed by atoms with Crippen molar-refractivity contribution in [2.24, 2.45) is 7.05 Å². The van der Waals surface area contributed by atoms with Crippen molar-refractivity contribution in [3.8, 4) is 28.4 Å². The van der Waals surface area contributed by atoms with Gasteiger partial charge in [-0.25, -0.2) is 4.39 Å². The molecule has 6 rings (SSSR count). The predicted molar refractivity (Wildman–Crippen MR) is 184 cm³/mol. The van der Waals surface area contributed by atoms with E-state index in [1.54, 1.807) is 60.5 Å². The van der Waals surface area contributed by atoms with E-state index in [2.05, 4.69) is 10.6 Å². The molecule has 0 saturated carbocycles. The number of carbonyl (C=O) groups is 3. The van der Waals surface area contributed by atoms with Crippen LogP contribution in [-0.4, -0.2) is 66.1 Å². The van der Waals surface area contributed by atoms with Crippen LogP contribution in [0.4, 0.5) is 4.39 Å². The van der Waals surface area contributed by atoms with E-state index >= 15 is 0 Å². The molecule has 12 heteroatoms. The predicted octanol–water partition coefficient (Wildman–Crippen LogP) is 4.17. The molecule has 3 amide bonds. The monoisotopic (exact) mass is 682 g/mol. The molecule has 0 radical (unpaired) electrons. The second-order valence-electron chi connectivity index (χ2n) is 12.5. The maximum absolute atomic E-state index is 14.8. The summed E-state index contributed by atoms with van der Waals surface area (Å²) in [4.78, 5) is 55.3. The average Bonchev–Trinajstić information content (AvgIpc) is 3.11. The van der Waals surface area contributed by atoms with Crippen LogP contribution in [0.25, 0.3) is 11.1 Å². The molecule has 2 N–H and O–H groups in total. The van der Waals surface area contributed by atoms with Crippen LogP contribution in [-0.2, 0) is 24.8 Å². The van der Waals surface area contributed by atoms with Crippen molar-refractivity contribution in [1.82, 2.24) is 20.1 Å². The van der Waals surface area contributed by atoms with Crippen molar-refractivity contribution >= 4 is 17.7 Å². The third-order valence-electron chi connectivity index (χ3n) is 9.16. The summed E-state index contributed by atoms with van der Waals surface area (Å²) in [6.07, 6.45) is 0.261. The van der Waals surface area contributed by atoms with Crippen molar-refractivity contribution in [2.75, 3.05) is 26.8 Å². The number of benzene rings is 3. The first-order chi connectivity index (χ1) is 24.0. The zero-order valence-electron chi connectivity index (χ0n) is 28.4. The largest absolute Gasteiger partial charge is 0.496 e. The topological polar surface area (TPSA) is 128 Å². The lowest BCUT2D eigenvalue weighted by atomic mass is 9.98. The van der Waals surface area contributed by atoms with Crippen LogP contribution in [0.2, 0.25) is 0 Å². The summed E-state index contributed by atoms with van der Waals surface area (Å²) in [5.74, 6) is -0.691. The van der Waals surface area contributed by atoms with Crippen molar-refractivity contribution in [3.05, 3.63) is 111 Å². The Morgan fingerprint density at radius 1 is 1.02 bits per heavy atom. The number of halogens is 1. The Hall–Kier alpha value is -5.65. The smallest absolute Gasteiger partial charge is 0.263 e. The Balaban J connectivity index is 1.38. The molecule has 3 heterocycles. The number of nitrogens with zero attached hydrogens (tertiary/aromatic N) is 2. The molecular formula is C38H39FN4O7. The van der Waals surface area contributed by atoms with E-state index in [-0.39, 0.29) is 49.5 Å². The number of aromatic nitrogens is 1. The van der Waals surface area contributed by atoms with Gasteiger partial charge < -0.3 is 34.3 Å². The molecule has 0 aliphatic carbocycles. The van der Waals surface area contributed by atoms with Gasteiger partial charge in [-0.3, -0.25) is 19.2 Å². The van der Waals surface area contributed by atoms with Crippen LogP contribution in [0, 0.1) is 12.7 Å². The van der Waals surface area contributed by atoms with Crippen molar-refractivity contribution in [2.45, 2.75) is 45.4 Å². The normalized spacial score (nSPS) is 17.8. The van der Waals surface area contributed by atoms with Crippen molar-refractivity contribution < 1.29 is 33.0 Å². The van der Waals surface area contributed by atoms with Gasteiger partial charge in [-0.1, -0.05) is 19.1 Å². The van der Waals surface area contributed by atoms with Gasteiger partial charge >= 0.3 is 0 Å². The van der Waals surface area contributed by atoms with Crippen LogP contribution in [0.1, 0.15) is 50.9 Å². The number of fused-ring (bicyclic) bond motifs is 8. The number of hydrogen-bond acceptors (Lipinski definition) is 7. The molecule has 1 aromatic heterocycles. The second kappa shape index (κ2) is 14.5. The number of carbonyl (C=O) groups excluding carboxylic acids is 3. The van der Waals surface area contributed by atoms with Crippen LogP contribution in [0.5, 0.6) is 17.2 Å². The summed E-state index contributed by atoms with van der Waals surface area (Å²) >= 11 is 0. The van der Waals surface area contributed by atoms with Gasteiger partial charge in [-0.05, 0) is 78.6 Å². The molecule has 4 aromatic rings. The maximum atomic E-state index is 14.8. The van der Waals surface area contributed by atoms with Gasteiger partial charge in [0.05, 0.1) is 13.2 Å². The van der Waals surface area contributed by atoms with Crippen molar-refractivity contribution in [3.63, 3.8) is 0 Å². The minimum Gasteiger partial charge on any atom is -0.496 e. The molecule has 2 atom stereocenters. The fourth-order valence-electron chi connectivity index (χ4n) is 6.61. The molecule has 3 aromatic carbocycles. The Morgan fingerprint density at radius 2 is 1.84 bits per heavy atom. The summed E-state index contributed by atoms with van der Waals surface area (Å²) in [5, 5.41) is 5.79. The molecule has 1 saturated heterocycles. The third-order valence-corrected chi connectivity index (χ3v) is 9.16. The Labute approximate surface area is 289 Å². The molecule has 260 valence electrons. The van der Waals surface area contributed by atoms with E-state index in [1.807, 2.05) is 19.9 Å². The van der Waals surface area contributed by atoms with Crippen LogP contribution >= 0.6 is 0 Å². The van der Waals surface area contributed by atoms with E-state index in [4.69, 9.17) is 14.2 Å². The second-order valence-corrected chi connectivity index (χ2v) is 12.5. The van der Waals surface area contributed by atoms with E-state index < -0.39 is 35.7 Å². The molecule has 0 unspecified atom stereocenters. The first-order valence-electron chi connectivity index (χ1n) is 16.5. The Bertz CT molecular complexity index is 2030. The minimum absolute atomic E-state index is 0.0255. The number of pyridine rings is 1. The van der Waals surface area contributed by atoms with E-state index in [9.17, 15) is 23.6 Å². The van der Waals surface area contributed by atoms with Gasteiger partial charge in [0.15, 0.2) is 6.61 Å². The Morgan fingerprint density at radius 3 is 2.62 bits per heavy atom. The highest BCUT2D eigenvalue weighted by Gasteiger charge is 2.36. The summed E-state index contributed by atoms with van der Waals surface area (Å²) in [5.41, 5.74) is 3.44. The lowest BCUT2D eigenvalue weighted by Gasteiger charge is -2.39. The van der Waals surface area contributed by atoms with Crippen LogP contribution in [0.3, 0.4) is 0 Å². The molecular weight excluding hydrogens is 643 g/mol. The number of methoxy groups -OCH3 is 1. The first-order valence-corrected chi connectivity index (χ1v) is 16.5. The number of nitrogens with one attached hydrogen (secondary N) is 2. The number of hydrogen-bond donors (Lipinski definition) is 2. The molecule has 1 fully saturated rings. The number of piperidine rings is 1. The zero-order chi connectivity index (χ0) is 35.5. The van der Waals surface area contributed by atoms with Crippen molar-refractivity contribution in [1.29, 1.82) is 0 Å². The van der Waals surface area contributed by atoms with Crippen LogP contribution < -0.4 is 30.4 Å². The lowest BCUT2D eigenvalue weighted by molar-refractivity contribution is -0.123. The van der Waals surface area contributed by atoms with Gasteiger partial charge in [0.1, 0.15) is 34.7 Å². The molecule has 0 spiro atoms. The van der Waals surface area contributed by atoms with E-state index in [1.165, 1.54) is 23.8 Å². The van der Waals surface area contributed by atoms with Gasteiger partial charge in [0.2, 0.25) is 0 Å². The number of ether oxygens (including phenoxy) is 3. The highest BCUT2D eigenvalue weighted by Crippen LogP contribution is 2.33. The van der Waals surface area contributed by atoms with Crippen LogP contribution in [0.15, 0.2) is 71.5 Å². The highest BCUT2D eigenvalue weighted by atomic mass is 19.1. The maximum Gasteiger partial charge on any atom is 0.263 e. The quantitative estimate of drug-likeness (QED) is 0.332. The summed E-state index contributed by atoms with van der Waals surface area (Å²) < 4.78 is 34.0. The number of likely N-dealkylation sites (tertiary alicyclic amines) is 1. The lowest BCUT2D eigenvalue weighted by Crippen LogP contribution is -2.58. The third kappa shape index (κ3) is 7.19. The number of aryl methyl sites for hydroxylation is 1. The fraction of sp³-hybridized carbons (Fsp3) is 0.316. The summed E-state index contributed by atoms with van der Waals surface area (Å²) in [6, 6.07) is 17.1.